The molecule has 2 aromatic rings. The van der Waals surface area contributed by atoms with E-state index in [9.17, 15) is 4.79 Å². The number of nitrogen functional groups attached to an aromatic ring is 1. The van der Waals surface area contributed by atoms with Gasteiger partial charge in [-0.2, -0.15) is 10.2 Å². The van der Waals surface area contributed by atoms with Crippen LogP contribution in [0.3, 0.4) is 0 Å². The van der Waals surface area contributed by atoms with Crippen molar-refractivity contribution in [1.82, 2.24) is 10.2 Å². The lowest BCUT2D eigenvalue weighted by Crippen LogP contribution is -2.00. The number of nitrogens with zero attached hydrogens (tertiary/aromatic N) is 2. The highest BCUT2D eigenvalue weighted by Crippen LogP contribution is 2.20. The summed E-state index contributed by atoms with van der Waals surface area (Å²) in [4.78, 5) is 10.9. The predicted molar refractivity (Wildman–Crippen MR) is 50.9 cm³/mol. The monoisotopic (exact) mass is 189 g/mol. The van der Waals surface area contributed by atoms with Gasteiger partial charge in [0.05, 0.1) is 18.0 Å². The molecule has 0 aliphatic carbocycles. The third-order valence-electron chi connectivity index (χ3n) is 1.92. The summed E-state index contributed by atoms with van der Waals surface area (Å²) in [6.07, 6.45) is 2.90. The first-order valence-electron chi connectivity index (χ1n) is 3.91. The van der Waals surface area contributed by atoms with Crippen LogP contribution in [0.2, 0.25) is 0 Å². The van der Waals surface area contributed by atoms with E-state index in [2.05, 4.69) is 10.2 Å². The molecule has 3 N–H and O–H groups in total. The first kappa shape index (κ1) is 8.43. The maximum atomic E-state index is 10.9. The van der Waals surface area contributed by atoms with E-state index in [4.69, 9.17) is 10.8 Å². The SMILES string of the molecule is Nc1cc(C(=O)O)c2cnncc2c1. The zero-order valence-corrected chi connectivity index (χ0v) is 7.14. The van der Waals surface area contributed by atoms with E-state index in [0.29, 0.717) is 16.5 Å². The lowest BCUT2D eigenvalue weighted by molar-refractivity contribution is 0.0699. The maximum Gasteiger partial charge on any atom is 0.336 e. The van der Waals surface area contributed by atoms with Gasteiger partial charge in [-0.15, -0.1) is 0 Å². The largest absolute Gasteiger partial charge is 0.478 e. The molecule has 1 aromatic heterocycles. The standard InChI is InChI=1S/C9H7N3O2/c10-6-1-5-3-11-12-4-8(5)7(2-6)9(13)14/h1-4H,10H2,(H,13,14). The number of aromatic nitrogens is 2. The molecule has 0 bridgehead atoms. The number of rotatable bonds is 1. The maximum absolute atomic E-state index is 10.9. The van der Waals surface area contributed by atoms with Gasteiger partial charge in [-0.1, -0.05) is 0 Å². The molecule has 0 fully saturated rings. The highest BCUT2D eigenvalue weighted by atomic mass is 16.4. The average Bonchev–Trinajstić information content (AvgIpc) is 2.16. The Morgan fingerprint density at radius 2 is 2.00 bits per heavy atom. The molecule has 1 heterocycles. The van der Waals surface area contributed by atoms with Crippen molar-refractivity contribution in [2.24, 2.45) is 0 Å². The topological polar surface area (TPSA) is 89.1 Å². The van der Waals surface area contributed by atoms with Gasteiger partial charge in [-0.3, -0.25) is 0 Å². The van der Waals surface area contributed by atoms with Crippen LogP contribution in [-0.2, 0) is 0 Å². The fourth-order valence-electron chi connectivity index (χ4n) is 1.31. The average molecular weight is 189 g/mol. The first-order valence-corrected chi connectivity index (χ1v) is 3.91. The molecule has 0 aliphatic heterocycles. The third-order valence-corrected chi connectivity index (χ3v) is 1.92. The first-order chi connectivity index (χ1) is 6.68. The quantitative estimate of drug-likeness (QED) is 0.651. The molecule has 0 unspecified atom stereocenters. The van der Waals surface area contributed by atoms with Crippen LogP contribution in [0.4, 0.5) is 5.69 Å². The van der Waals surface area contributed by atoms with Crippen LogP contribution in [0.5, 0.6) is 0 Å². The Balaban J connectivity index is 2.87. The number of nitrogens with two attached hydrogens (primary N) is 1. The normalized spacial score (nSPS) is 10.3. The second-order valence-corrected chi connectivity index (χ2v) is 2.87. The minimum atomic E-state index is -1.02. The highest BCUT2D eigenvalue weighted by molar-refractivity contribution is 6.04. The molecule has 0 radical (unpaired) electrons. The summed E-state index contributed by atoms with van der Waals surface area (Å²) in [6, 6.07) is 3.07. The number of hydrogen-bond acceptors (Lipinski definition) is 4. The summed E-state index contributed by atoms with van der Waals surface area (Å²) in [5.41, 5.74) is 6.10. The summed E-state index contributed by atoms with van der Waals surface area (Å²) in [5.74, 6) is -1.02. The van der Waals surface area contributed by atoms with Crippen LogP contribution >= 0.6 is 0 Å². The summed E-state index contributed by atoms with van der Waals surface area (Å²) in [7, 11) is 0. The minimum absolute atomic E-state index is 0.148. The second kappa shape index (κ2) is 2.95. The highest BCUT2D eigenvalue weighted by Gasteiger charge is 2.09. The molecule has 5 nitrogen and oxygen atoms in total. The Bertz CT molecular complexity index is 510. The van der Waals surface area contributed by atoms with E-state index < -0.39 is 5.97 Å². The van der Waals surface area contributed by atoms with Gasteiger partial charge in [-0.25, -0.2) is 4.79 Å². The summed E-state index contributed by atoms with van der Waals surface area (Å²) < 4.78 is 0. The minimum Gasteiger partial charge on any atom is -0.478 e. The van der Waals surface area contributed by atoms with E-state index in [-0.39, 0.29) is 5.56 Å². The van der Waals surface area contributed by atoms with Gasteiger partial charge in [-0.05, 0) is 12.1 Å². The van der Waals surface area contributed by atoms with E-state index in [0.717, 1.165) is 0 Å². The molecule has 0 aliphatic rings. The number of fused-ring (bicyclic) bond motifs is 1. The molecule has 0 saturated heterocycles. The summed E-state index contributed by atoms with van der Waals surface area (Å²) in [6.45, 7) is 0. The van der Waals surface area contributed by atoms with Crippen LogP contribution in [0.15, 0.2) is 24.5 Å². The molecular formula is C9H7N3O2. The molecule has 70 valence electrons. The van der Waals surface area contributed by atoms with E-state index in [1.807, 2.05) is 0 Å². The van der Waals surface area contributed by atoms with Gasteiger partial charge in [0.2, 0.25) is 0 Å². The van der Waals surface area contributed by atoms with Crippen molar-refractivity contribution in [3.8, 4) is 0 Å². The van der Waals surface area contributed by atoms with Crippen LogP contribution in [-0.4, -0.2) is 21.3 Å². The summed E-state index contributed by atoms with van der Waals surface area (Å²) >= 11 is 0. The van der Waals surface area contributed by atoms with Crippen molar-refractivity contribution >= 4 is 22.4 Å². The summed E-state index contributed by atoms with van der Waals surface area (Å²) in [5, 5.41) is 17.4. The lowest BCUT2D eigenvalue weighted by atomic mass is 10.1. The van der Waals surface area contributed by atoms with Crippen LogP contribution in [0, 0.1) is 0 Å². The van der Waals surface area contributed by atoms with E-state index in [1.165, 1.54) is 18.5 Å². The van der Waals surface area contributed by atoms with Crippen LogP contribution in [0.25, 0.3) is 10.8 Å². The zero-order valence-electron chi connectivity index (χ0n) is 7.14. The molecule has 0 saturated carbocycles. The molecule has 2 rings (SSSR count). The molecule has 14 heavy (non-hydrogen) atoms. The van der Waals surface area contributed by atoms with Gasteiger partial charge in [0.25, 0.3) is 0 Å². The van der Waals surface area contributed by atoms with Crippen molar-refractivity contribution in [3.05, 3.63) is 30.1 Å². The van der Waals surface area contributed by atoms with Crippen molar-refractivity contribution in [2.75, 3.05) is 5.73 Å². The Labute approximate surface area is 79.2 Å². The van der Waals surface area contributed by atoms with Crippen molar-refractivity contribution in [1.29, 1.82) is 0 Å². The van der Waals surface area contributed by atoms with Crippen LogP contribution < -0.4 is 5.73 Å². The van der Waals surface area contributed by atoms with Gasteiger partial charge in [0.15, 0.2) is 0 Å². The molecule has 0 amide bonds. The number of hydrogen-bond donors (Lipinski definition) is 2. The van der Waals surface area contributed by atoms with Gasteiger partial charge < -0.3 is 10.8 Å². The Kier molecular flexibility index (Phi) is 1.78. The lowest BCUT2D eigenvalue weighted by Gasteiger charge is -2.02. The number of carboxylic acids is 1. The number of carboxylic acid groups (broad SMARTS) is 1. The van der Waals surface area contributed by atoms with E-state index >= 15 is 0 Å². The molecule has 0 spiro atoms. The molecular weight excluding hydrogens is 182 g/mol. The molecule has 5 heteroatoms. The third kappa shape index (κ3) is 1.24. The van der Waals surface area contributed by atoms with Crippen molar-refractivity contribution in [3.63, 3.8) is 0 Å². The smallest absolute Gasteiger partial charge is 0.336 e. The second-order valence-electron chi connectivity index (χ2n) is 2.87. The Morgan fingerprint density at radius 1 is 1.29 bits per heavy atom. The van der Waals surface area contributed by atoms with Crippen LogP contribution in [0.1, 0.15) is 10.4 Å². The number of carbonyl (C=O) groups is 1. The van der Waals surface area contributed by atoms with E-state index in [1.54, 1.807) is 6.07 Å². The number of aromatic carboxylic acids is 1. The Hall–Kier alpha value is -2.17. The fraction of sp³-hybridized carbons (Fsp3) is 0. The predicted octanol–water partition coefficient (Wildman–Crippen LogP) is 0.910. The van der Waals surface area contributed by atoms with Gasteiger partial charge >= 0.3 is 5.97 Å². The van der Waals surface area contributed by atoms with Gasteiger partial charge in [0.1, 0.15) is 0 Å². The molecule has 0 atom stereocenters. The fourth-order valence-corrected chi connectivity index (χ4v) is 1.31. The zero-order chi connectivity index (χ0) is 10.1. The van der Waals surface area contributed by atoms with Gasteiger partial charge in [0, 0.05) is 16.5 Å². The van der Waals surface area contributed by atoms with Crippen molar-refractivity contribution < 1.29 is 9.90 Å². The Morgan fingerprint density at radius 3 is 2.71 bits per heavy atom. The number of benzene rings is 1. The number of anilines is 1. The van der Waals surface area contributed by atoms with Crippen molar-refractivity contribution in [2.45, 2.75) is 0 Å². The molecule has 1 aromatic carbocycles.